The number of hydrogen-bond donors (Lipinski definition) is 2. The lowest BCUT2D eigenvalue weighted by molar-refractivity contribution is -0.0545. The molecule has 2 atom stereocenters. The monoisotopic (exact) mass is 316 g/mol. The van der Waals surface area contributed by atoms with Gasteiger partial charge in [0, 0.05) is 26.1 Å². The summed E-state index contributed by atoms with van der Waals surface area (Å²) in [5.74, 6) is 0.967. The highest BCUT2D eigenvalue weighted by atomic mass is 16.5. The van der Waals surface area contributed by atoms with Crippen LogP contribution in [0.25, 0.3) is 11.0 Å². The highest BCUT2D eigenvalue weighted by Crippen LogP contribution is 2.12. The molecule has 23 heavy (non-hydrogen) atoms. The molecular weight excluding hydrogens is 292 g/mol. The van der Waals surface area contributed by atoms with E-state index in [0.29, 0.717) is 19.6 Å². The molecule has 1 saturated heterocycles. The Morgan fingerprint density at radius 3 is 2.83 bits per heavy atom. The molecular formula is C17H24N4O2. The first-order chi connectivity index (χ1) is 11.1. The standard InChI is InChI=1S/C17H24N4O2/c1-12-10-21(11-13(2)23-12)17(22)18-9-5-8-16-19-14-6-3-4-7-15(14)20-16/h3-4,6-7,12-13H,5,8-11H2,1-2H3,(H,18,22)(H,19,20)/t12-,13-/m1/s1. The molecule has 1 aliphatic rings. The zero-order chi connectivity index (χ0) is 16.2. The summed E-state index contributed by atoms with van der Waals surface area (Å²) in [6.45, 7) is 5.95. The van der Waals surface area contributed by atoms with E-state index in [1.165, 1.54) is 0 Å². The number of benzene rings is 1. The van der Waals surface area contributed by atoms with Gasteiger partial charge >= 0.3 is 6.03 Å². The Hall–Kier alpha value is -2.08. The molecule has 0 saturated carbocycles. The minimum absolute atomic E-state index is 0.00314. The summed E-state index contributed by atoms with van der Waals surface area (Å²) in [6.07, 6.45) is 1.88. The molecule has 0 bridgehead atoms. The smallest absolute Gasteiger partial charge is 0.317 e. The van der Waals surface area contributed by atoms with Gasteiger partial charge in [0.15, 0.2) is 0 Å². The lowest BCUT2D eigenvalue weighted by Gasteiger charge is -2.35. The molecule has 6 nitrogen and oxygen atoms in total. The van der Waals surface area contributed by atoms with Crippen LogP contribution >= 0.6 is 0 Å². The van der Waals surface area contributed by atoms with Crippen LogP contribution < -0.4 is 5.32 Å². The molecule has 0 radical (unpaired) electrons. The Morgan fingerprint density at radius 1 is 1.35 bits per heavy atom. The number of amides is 2. The number of nitrogens with zero attached hydrogens (tertiary/aromatic N) is 2. The lowest BCUT2D eigenvalue weighted by atomic mass is 10.2. The normalized spacial score (nSPS) is 21.6. The maximum atomic E-state index is 12.2. The van der Waals surface area contributed by atoms with Gasteiger partial charge in [-0.3, -0.25) is 0 Å². The number of ether oxygens (including phenoxy) is 1. The molecule has 1 aliphatic heterocycles. The number of nitrogens with one attached hydrogen (secondary N) is 2. The summed E-state index contributed by atoms with van der Waals surface area (Å²) in [5, 5.41) is 2.99. The molecule has 0 unspecified atom stereocenters. The van der Waals surface area contributed by atoms with Crippen LogP contribution in [0.4, 0.5) is 4.79 Å². The number of rotatable bonds is 4. The quantitative estimate of drug-likeness (QED) is 0.850. The fourth-order valence-corrected chi connectivity index (χ4v) is 3.03. The number of aryl methyl sites for hydroxylation is 1. The van der Waals surface area contributed by atoms with E-state index >= 15 is 0 Å². The van der Waals surface area contributed by atoms with Crippen LogP contribution in [0.3, 0.4) is 0 Å². The van der Waals surface area contributed by atoms with Crippen molar-refractivity contribution < 1.29 is 9.53 Å². The zero-order valence-corrected chi connectivity index (χ0v) is 13.7. The molecule has 2 aromatic rings. The average molecular weight is 316 g/mol. The van der Waals surface area contributed by atoms with Crippen molar-refractivity contribution in [3.05, 3.63) is 30.1 Å². The second-order valence-corrected chi connectivity index (χ2v) is 6.20. The van der Waals surface area contributed by atoms with E-state index < -0.39 is 0 Å². The number of hydrogen-bond acceptors (Lipinski definition) is 3. The van der Waals surface area contributed by atoms with Crippen molar-refractivity contribution in [3.8, 4) is 0 Å². The molecule has 1 aromatic carbocycles. The maximum absolute atomic E-state index is 12.2. The van der Waals surface area contributed by atoms with Crippen LogP contribution in [0.1, 0.15) is 26.1 Å². The van der Waals surface area contributed by atoms with Crippen LogP contribution in [-0.2, 0) is 11.2 Å². The molecule has 2 heterocycles. The van der Waals surface area contributed by atoms with E-state index in [-0.39, 0.29) is 18.2 Å². The molecule has 124 valence electrons. The predicted octanol–water partition coefficient (Wildman–Crippen LogP) is 2.31. The first kappa shape index (κ1) is 15.8. The van der Waals surface area contributed by atoms with Gasteiger partial charge in [-0.1, -0.05) is 12.1 Å². The van der Waals surface area contributed by atoms with Crippen molar-refractivity contribution in [3.63, 3.8) is 0 Å². The van der Waals surface area contributed by atoms with Gasteiger partial charge in [-0.05, 0) is 32.4 Å². The summed E-state index contributed by atoms with van der Waals surface area (Å²) < 4.78 is 5.64. The number of carbonyl (C=O) groups is 1. The number of carbonyl (C=O) groups excluding carboxylic acids is 1. The van der Waals surface area contributed by atoms with Crippen molar-refractivity contribution in [1.82, 2.24) is 20.2 Å². The third-order valence-electron chi connectivity index (χ3n) is 4.01. The van der Waals surface area contributed by atoms with Crippen molar-refractivity contribution in [2.45, 2.75) is 38.9 Å². The average Bonchev–Trinajstić information content (AvgIpc) is 2.93. The number of H-pyrrole nitrogens is 1. The van der Waals surface area contributed by atoms with Crippen LogP contribution in [0.15, 0.2) is 24.3 Å². The molecule has 1 aromatic heterocycles. The van der Waals surface area contributed by atoms with Gasteiger partial charge in [-0.2, -0.15) is 0 Å². The van der Waals surface area contributed by atoms with Gasteiger partial charge < -0.3 is 19.9 Å². The van der Waals surface area contributed by atoms with E-state index in [0.717, 1.165) is 29.7 Å². The molecule has 3 rings (SSSR count). The highest BCUT2D eigenvalue weighted by molar-refractivity contribution is 5.75. The molecule has 1 fully saturated rings. The summed E-state index contributed by atoms with van der Waals surface area (Å²) in [6, 6.07) is 8.00. The maximum Gasteiger partial charge on any atom is 0.317 e. The van der Waals surface area contributed by atoms with Gasteiger partial charge in [-0.15, -0.1) is 0 Å². The highest BCUT2D eigenvalue weighted by Gasteiger charge is 2.25. The number of aromatic nitrogens is 2. The van der Waals surface area contributed by atoms with E-state index in [2.05, 4.69) is 15.3 Å². The fraction of sp³-hybridized carbons (Fsp3) is 0.529. The zero-order valence-electron chi connectivity index (χ0n) is 13.7. The topological polar surface area (TPSA) is 70.2 Å². The Bertz CT molecular complexity index is 626. The number of fused-ring (bicyclic) bond motifs is 1. The number of para-hydroxylation sites is 2. The van der Waals surface area contributed by atoms with E-state index in [1.54, 1.807) is 0 Å². The number of aromatic amines is 1. The van der Waals surface area contributed by atoms with Crippen LogP contribution in [0.5, 0.6) is 0 Å². The third-order valence-corrected chi connectivity index (χ3v) is 4.01. The number of urea groups is 1. The number of morpholine rings is 1. The Labute approximate surface area is 136 Å². The van der Waals surface area contributed by atoms with Crippen LogP contribution in [0, 0.1) is 0 Å². The lowest BCUT2D eigenvalue weighted by Crippen LogP contribution is -2.51. The van der Waals surface area contributed by atoms with Gasteiger partial charge in [0.25, 0.3) is 0 Å². The van der Waals surface area contributed by atoms with E-state index in [1.807, 2.05) is 43.0 Å². The van der Waals surface area contributed by atoms with E-state index in [9.17, 15) is 4.79 Å². The molecule has 6 heteroatoms. The fourth-order valence-electron chi connectivity index (χ4n) is 3.03. The third kappa shape index (κ3) is 4.01. The second-order valence-electron chi connectivity index (χ2n) is 6.20. The summed E-state index contributed by atoms with van der Waals surface area (Å²) >= 11 is 0. The predicted molar refractivity (Wildman–Crippen MR) is 89.4 cm³/mol. The molecule has 2 amide bonds. The largest absolute Gasteiger partial charge is 0.372 e. The van der Waals surface area contributed by atoms with Gasteiger partial charge in [0.05, 0.1) is 23.2 Å². The first-order valence-electron chi connectivity index (χ1n) is 8.23. The van der Waals surface area contributed by atoms with Gasteiger partial charge in [0.2, 0.25) is 0 Å². The summed E-state index contributed by atoms with van der Waals surface area (Å²) in [4.78, 5) is 21.9. The van der Waals surface area contributed by atoms with Crippen molar-refractivity contribution in [2.24, 2.45) is 0 Å². The van der Waals surface area contributed by atoms with Crippen molar-refractivity contribution >= 4 is 17.1 Å². The van der Waals surface area contributed by atoms with Crippen molar-refractivity contribution in [1.29, 1.82) is 0 Å². The van der Waals surface area contributed by atoms with Gasteiger partial charge in [0.1, 0.15) is 5.82 Å². The first-order valence-corrected chi connectivity index (χ1v) is 8.23. The second kappa shape index (κ2) is 7.00. The van der Waals surface area contributed by atoms with Crippen LogP contribution in [0.2, 0.25) is 0 Å². The molecule has 0 aliphatic carbocycles. The van der Waals surface area contributed by atoms with Crippen LogP contribution in [-0.4, -0.2) is 52.7 Å². The Balaban J connectivity index is 1.43. The molecule has 2 N–H and O–H groups in total. The SMILES string of the molecule is C[C@@H]1CN(C(=O)NCCCc2nc3ccccc3[nH]2)C[C@@H](C)O1. The van der Waals surface area contributed by atoms with Gasteiger partial charge in [-0.25, -0.2) is 9.78 Å². The summed E-state index contributed by atoms with van der Waals surface area (Å²) in [7, 11) is 0. The minimum atomic E-state index is -0.00314. The molecule has 0 spiro atoms. The minimum Gasteiger partial charge on any atom is -0.372 e. The van der Waals surface area contributed by atoms with E-state index in [4.69, 9.17) is 4.74 Å². The van der Waals surface area contributed by atoms with Crippen molar-refractivity contribution in [2.75, 3.05) is 19.6 Å². The Morgan fingerprint density at radius 2 is 2.09 bits per heavy atom. The number of imidazole rings is 1. The Kier molecular flexibility index (Phi) is 4.81. The summed E-state index contributed by atoms with van der Waals surface area (Å²) in [5.41, 5.74) is 2.05.